The van der Waals surface area contributed by atoms with Gasteiger partial charge >= 0.3 is 0 Å². The number of rotatable bonds is 3. The number of pyridine rings is 1. The van der Waals surface area contributed by atoms with Crippen LogP contribution in [0.5, 0.6) is 5.75 Å². The van der Waals surface area contributed by atoms with Crippen LogP contribution < -0.4 is 5.73 Å². The molecule has 0 bridgehead atoms. The number of aldehydes is 1. The minimum Gasteiger partial charge on any atom is -0.506 e. The molecule has 76 valence electrons. The summed E-state index contributed by atoms with van der Waals surface area (Å²) >= 11 is 0. The zero-order valence-electron chi connectivity index (χ0n) is 7.08. The molecule has 1 aromatic heterocycles. The maximum Gasteiger partial charge on any atom is 0.267 e. The normalized spacial score (nSPS) is 10.6. The van der Waals surface area contributed by atoms with Gasteiger partial charge in [0.2, 0.25) is 0 Å². The van der Waals surface area contributed by atoms with E-state index in [0.29, 0.717) is 6.29 Å². The predicted octanol–water partition coefficient (Wildman–Crippen LogP) is 0.996. The summed E-state index contributed by atoms with van der Waals surface area (Å²) in [6.45, 7) is -0.269. The van der Waals surface area contributed by atoms with Gasteiger partial charge in [0, 0.05) is 12.1 Å². The zero-order chi connectivity index (χ0) is 10.7. The van der Waals surface area contributed by atoms with Crippen LogP contribution in [0, 0.1) is 0 Å². The van der Waals surface area contributed by atoms with Gasteiger partial charge in [0.05, 0.1) is 11.8 Å². The standard InChI is InChI=1S/C8H8F2N2O2/c9-8(10)7-4(1-11)5(3-13)12-2-6(7)14/h2-3,8,14H,1,11H2. The van der Waals surface area contributed by atoms with Crippen molar-refractivity contribution in [3.8, 4) is 5.75 Å². The van der Waals surface area contributed by atoms with Gasteiger partial charge in [-0.05, 0) is 0 Å². The minimum atomic E-state index is -2.88. The van der Waals surface area contributed by atoms with Crippen molar-refractivity contribution in [2.45, 2.75) is 13.0 Å². The number of hydrogen-bond acceptors (Lipinski definition) is 4. The summed E-state index contributed by atoms with van der Waals surface area (Å²) in [5.41, 5.74) is 4.29. The highest BCUT2D eigenvalue weighted by Crippen LogP contribution is 2.31. The zero-order valence-corrected chi connectivity index (χ0v) is 7.08. The van der Waals surface area contributed by atoms with Crippen molar-refractivity contribution < 1.29 is 18.7 Å². The maximum absolute atomic E-state index is 12.4. The Bertz CT molecular complexity index is 355. The molecular weight excluding hydrogens is 194 g/mol. The number of hydrogen-bond donors (Lipinski definition) is 2. The van der Waals surface area contributed by atoms with Crippen LogP contribution in [0.15, 0.2) is 6.20 Å². The van der Waals surface area contributed by atoms with E-state index in [1.165, 1.54) is 0 Å². The monoisotopic (exact) mass is 202 g/mol. The van der Waals surface area contributed by atoms with Crippen molar-refractivity contribution in [1.82, 2.24) is 4.98 Å². The van der Waals surface area contributed by atoms with Gasteiger partial charge < -0.3 is 10.8 Å². The molecule has 0 saturated carbocycles. The molecule has 0 fully saturated rings. The largest absolute Gasteiger partial charge is 0.506 e. The first kappa shape index (κ1) is 10.5. The topological polar surface area (TPSA) is 76.2 Å². The van der Waals surface area contributed by atoms with Crippen LogP contribution in [-0.2, 0) is 6.54 Å². The van der Waals surface area contributed by atoms with Crippen LogP contribution in [0.3, 0.4) is 0 Å². The van der Waals surface area contributed by atoms with Gasteiger partial charge in [0.1, 0.15) is 11.4 Å². The first-order valence-corrected chi connectivity index (χ1v) is 3.76. The second kappa shape index (κ2) is 4.10. The number of carbonyl (C=O) groups excluding carboxylic acids is 1. The van der Waals surface area contributed by atoms with E-state index < -0.39 is 17.7 Å². The molecule has 1 heterocycles. The molecule has 0 aliphatic carbocycles. The average Bonchev–Trinajstić information content (AvgIpc) is 2.16. The van der Waals surface area contributed by atoms with Crippen LogP contribution in [0.4, 0.5) is 8.78 Å². The van der Waals surface area contributed by atoms with Crippen LogP contribution in [-0.4, -0.2) is 16.4 Å². The van der Waals surface area contributed by atoms with Crippen molar-refractivity contribution in [1.29, 1.82) is 0 Å². The molecule has 0 aliphatic heterocycles. The molecule has 3 N–H and O–H groups in total. The van der Waals surface area contributed by atoms with Crippen molar-refractivity contribution in [2.24, 2.45) is 5.73 Å². The molecule has 6 heteroatoms. The van der Waals surface area contributed by atoms with Gasteiger partial charge in [0.25, 0.3) is 6.43 Å². The van der Waals surface area contributed by atoms with Crippen LogP contribution in [0.1, 0.15) is 28.0 Å². The van der Waals surface area contributed by atoms with Crippen molar-refractivity contribution in [2.75, 3.05) is 0 Å². The molecule has 1 rings (SSSR count). The molecule has 14 heavy (non-hydrogen) atoms. The lowest BCUT2D eigenvalue weighted by atomic mass is 10.1. The van der Waals surface area contributed by atoms with Crippen molar-refractivity contribution in [3.05, 3.63) is 23.0 Å². The van der Waals surface area contributed by atoms with Gasteiger partial charge in [0.15, 0.2) is 6.29 Å². The smallest absolute Gasteiger partial charge is 0.267 e. The molecule has 0 aromatic carbocycles. The Labute approximate surface area is 78.4 Å². The van der Waals surface area contributed by atoms with E-state index in [-0.39, 0.29) is 17.8 Å². The first-order chi connectivity index (χ1) is 6.61. The predicted molar refractivity (Wildman–Crippen MR) is 44.1 cm³/mol. The lowest BCUT2D eigenvalue weighted by molar-refractivity contribution is 0.111. The Morgan fingerprint density at radius 3 is 2.71 bits per heavy atom. The highest BCUT2D eigenvalue weighted by Gasteiger charge is 2.20. The molecule has 0 saturated heterocycles. The Morgan fingerprint density at radius 1 is 1.64 bits per heavy atom. The quantitative estimate of drug-likeness (QED) is 0.717. The lowest BCUT2D eigenvalue weighted by Crippen LogP contribution is -2.08. The Kier molecular flexibility index (Phi) is 3.08. The molecule has 0 amide bonds. The number of alkyl halides is 2. The first-order valence-electron chi connectivity index (χ1n) is 3.76. The van der Waals surface area contributed by atoms with E-state index in [1.54, 1.807) is 0 Å². The molecule has 0 aliphatic rings. The fourth-order valence-corrected chi connectivity index (χ4v) is 1.13. The van der Waals surface area contributed by atoms with Crippen LogP contribution >= 0.6 is 0 Å². The summed E-state index contributed by atoms with van der Waals surface area (Å²) in [6.07, 6.45) is -1.74. The van der Waals surface area contributed by atoms with E-state index in [1.807, 2.05) is 0 Å². The van der Waals surface area contributed by atoms with Gasteiger partial charge in [-0.25, -0.2) is 13.8 Å². The SMILES string of the molecule is NCc1c(C=O)ncc(O)c1C(F)F. The fraction of sp³-hybridized carbons (Fsp3) is 0.250. The van der Waals surface area contributed by atoms with E-state index in [4.69, 9.17) is 10.8 Å². The molecule has 1 aromatic rings. The molecular formula is C8H8F2N2O2. The third-order valence-corrected chi connectivity index (χ3v) is 1.77. The number of nitrogens with two attached hydrogens (primary N) is 1. The van der Waals surface area contributed by atoms with Gasteiger partial charge in [-0.2, -0.15) is 0 Å². The Balaban J connectivity index is 3.42. The van der Waals surface area contributed by atoms with Crippen LogP contribution in [0.25, 0.3) is 0 Å². The molecule has 0 radical (unpaired) electrons. The molecule has 0 unspecified atom stereocenters. The van der Waals surface area contributed by atoms with Gasteiger partial charge in [-0.3, -0.25) is 4.79 Å². The summed E-state index contributed by atoms with van der Waals surface area (Å²) in [5, 5.41) is 9.10. The minimum absolute atomic E-state index is 0.116. The van der Waals surface area contributed by atoms with E-state index in [0.717, 1.165) is 6.20 Å². The maximum atomic E-state index is 12.4. The highest BCUT2D eigenvalue weighted by molar-refractivity contribution is 5.75. The molecule has 0 spiro atoms. The second-order valence-corrected chi connectivity index (χ2v) is 2.54. The fourth-order valence-electron chi connectivity index (χ4n) is 1.13. The summed E-state index contributed by atoms with van der Waals surface area (Å²) < 4.78 is 24.9. The van der Waals surface area contributed by atoms with Crippen LogP contribution in [0.2, 0.25) is 0 Å². The van der Waals surface area contributed by atoms with Crippen molar-refractivity contribution >= 4 is 6.29 Å². The Morgan fingerprint density at radius 2 is 2.29 bits per heavy atom. The third kappa shape index (κ3) is 1.69. The van der Waals surface area contributed by atoms with Gasteiger partial charge in [-0.1, -0.05) is 0 Å². The summed E-state index contributed by atoms with van der Waals surface area (Å²) in [7, 11) is 0. The number of halogens is 2. The summed E-state index contributed by atoms with van der Waals surface area (Å²) in [6, 6.07) is 0. The highest BCUT2D eigenvalue weighted by atomic mass is 19.3. The third-order valence-electron chi connectivity index (χ3n) is 1.77. The Hall–Kier alpha value is -1.56. The molecule has 0 atom stereocenters. The summed E-state index contributed by atoms with van der Waals surface area (Å²) in [4.78, 5) is 13.9. The van der Waals surface area contributed by atoms with Crippen molar-refractivity contribution in [3.63, 3.8) is 0 Å². The number of nitrogens with zero attached hydrogens (tertiary/aromatic N) is 1. The van der Waals surface area contributed by atoms with E-state index in [2.05, 4.69) is 4.98 Å². The second-order valence-electron chi connectivity index (χ2n) is 2.54. The number of aromatic nitrogens is 1. The van der Waals surface area contributed by atoms with E-state index >= 15 is 0 Å². The lowest BCUT2D eigenvalue weighted by Gasteiger charge is -2.09. The number of carbonyl (C=O) groups is 1. The van der Waals surface area contributed by atoms with Gasteiger partial charge in [-0.15, -0.1) is 0 Å². The average molecular weight is 202 g/mol. The van der Waals surface area contributed by atoms with E-state index in [9.17, 15) is 13.6 Å². The molecule has 4 nitrogen and oxygen atoms in total. The summed E-state index contributed by atoms with van der Waals surface area (Å²) in [5.74, 6) is -0.647. The number of aromatic hydroxyl groups is 1.